The molecule has 4 aliphatic heterocycles. The first-order chi connectivity index (χ1) is 34.8. The number of nitro groups is 1. The molecular weight excluding hydrogens is 961 g/mol. The minimum absolute atomic E-state index is 0.0607. The molecule has 4 aliphatic rings. The van der Waals surface area contributed by atoms with E-state index in [1.165, 1.54) is 33.3 Å². The highest BCUT2D eigenvalue weighted by atomic mass is 16.7. The second-order valence-electron chi connectivity index (χ2n) is 22.5. The van der Waals surface area contributed by atoms with Crippen molar-refractivity contribution in [2.45, 2.75) is 218 Å². The number of aliphatic hydroxyl groups is 4. The number of Topliss-reactive ketones (excluding diaryl/α,β-unsaturated/α-hetero) is 1. The van der Waals surface area contributed by atoms with E-state index >= 15 is 0 Å². The van der Waals surface area contributed by atoms with Crippen LogP contribution in [0, 0.1) is 33.8 Å². The highest BCUT2D eigenvalue weighted by Gasteiger charge is 2.54. The number of aromatic nitrogens is 3. The summed E-state index contributed by atoms with van der Waals surface area (Å²) in [4.78, 5) is 44.0. The summed E-state index contributed by atoms with van der Waals surface area (Å²) in [6.07, 6.45) is -5.15. The van der Waals surface area contributed by atoms with Crippen LogP contribution in [0.1, 0.15) is 119 Å². The summed E-state index contributed by atoms with van der Waals surface area (Å²) in [5.74, 6) is -4.77. The Labute approximate surface area is 436 Å². The van der Waals surface area contributed by atoms with Gasteiger partial charge in [0.05, 0.1) is 64.8 Å². The number of esters is 1. The molecule has 5 heterocycles. The number of cyclic esters (lactones) is 1. The summed E-state index contributed by atoms with van der Waals surface area (Å²) < 4.78 is 46.7. The van der Waals surface area contributed by atoms with E-state index in [9.17, 15) is 40.1 Å². The SMILES string of the molecule is CC[C@H]1OC(=O)[C@H](C)[C@@H](O[C@H]2C[C@@](C)(OC)[C@@H](O)[C@H](C)O2)[C@H](C)[C@@H](O[C@@H]2O[C@H](C)C[C@H](N(C)CCc3cn(C[C@@H]4CCCN4Cc4ccc([N+](=O)[O-])cc4)nn3)[C@H]2O)[C@](C)(OC)C[C@@H](C)C(=O)[C@H](C)[C@@H](O)[C@]1(C)O. The number of hydrogen-bond acceptors (Lipinski definition) is 19. The third-order valence-electron chi connectivity index (χ3n) is 16.9. The Hall–Kier alpha value is -3.58. The average molecular weight is 1050 g/mol. The second kappa shape index (κ2) is 24.8. The first-order valence-electron chi connectivity index (χ1n) is 26.6. The molecule has 1 aromatic carbocycles. The lowest BCUT2D eigenvalue weighted by Gasteiger charge is -2.50. The molecule has 19 atom stereocenters. The van der Waals surface area contributed by atoms with Crippen LogP contribution < -0.4 is 0 Å². The standard InChI is InChI=1S/C53H86N6O15/c1-14-41-53(10,65)46(62)32(4)43(60)30(2)25-52(9,69-13)48(33(5)45(34(6)49(64)72-41)73-42-26-51(8,68-12)47(63)35(7)71-42)74-50-44(61)40(24-31(3)70-50)56(11)23-21-37-28-58(55-54-37)29-39-16-15-22-57(39)27-36-17-19-38(20-18-36)59(66)67/h17-20,28,30-35,39-42,44-48,50,61-63,65H,14-16,21-27,29H2,1-13H3/t30-,31-,32+,33+,34-,35+,39+,40+,41-,42+,44-,45+,46-,47+,48-,50+,51-,52-,53-/m1/s1. The lowest BCUT2D eigenvalue weighted by molar-refractivity contribution is -0.384. The Morgan fingerprint density at radius 2 is 1.61 bits per heavy atom. The van der Waals surface area contributed by atoms with E-state index < -0.39 is 113 Å². The molecule has 0 spiro atoms. The van der Waals surface area contributed by atoms with Crippen LogP contribution in [-0.2, 0) is 62.3 Å². The summed E-state index contributed by atoms with van der Waals surface area (Å²) in [6.45, 7) is 19.8. The molecule has 4 fully saturated rings. The number of hydrogen-bond donors (Lipinski definition) is 4. The average Bonchev–Trinajstić information content (AvgIpc) is 4.02. The van der Waals surface area contributed by atoms with E-state index in [1.54, 1.807) is 60.6 Å². The number of carbonyl (C=O) groups is 2. The van der Waals surface area contributed by atoms with Crippen molar-refractivity contribution in [1.82, 2.24) is 24.8 Å². The Kier molecular flexibility index (Phi) is 20.0. The minimum Gasteiger partial charge on any atom is -0.459 e. The smallest absolute Gasteiger partial charge is 0.311 e. The predicted molar refractivity (Wildman–Crippen MR) is 270 cm³/mol. The van der Waals surface area contributed by atoms with Gasteiger partial charge >= 0.3 is 5.97 Å². The number of methoxy groups -OCH3 is 2. The fraction of sp³-hybridized carbons (Fsp3) is 0.811. The number of non-ortho nitro benzene ring substituents is 1. The van der Waals surface area contributed by atoms with Gasteiger partial charge in [0.25, 0.3) is 5.69 Å². The zero-order valence-electron chi connectivity index (χ0n) is 45.9. The summed E-state index contributed by atoms with van der Waals surface area (Å²) in [5, 5.41) is 67.0. The van der Waals surface area contributed by atoms with Gasteiger partial charge < -0.3 is 58.5 Å². The number of aliphatic hydroxyl groups excluding tert-OH is 3. The lowest BCUT2D eigenvalue weighted by atomic mass is 9.74. The van der Waals surface area contributed by atoms with E-state index in [-0.39, 0.29) is 42.9 Å². The van der Waals surface area contributed by atoms with Crippen LogP contribution in [-0.4, -0.2) is 187 Å². The molecule has 0 unspecified atom stereocenters. The summed E-state index contributed by atoms with van der Waals surface area (Å²) >= 11 is 0. The van der Waals surface area contributed by atoms with Crippen molar-refractivity contribution in [1.29, 1.82) is 0 Å². The van der Waals surface area contributed by atoms with Crippen molar-refractivity contribution in [2.75, 3.05) is 34.4 Å². The first kappa shape index (κ1) is 59.7. The number of ether oxygens (including phenoxy) is 7. The number of ketones is 1. The summed E-state index contributed by atoms with van der Waals surface area (Å²) in [6, 6.07) is 6.48. The topological polar surface area (TPSA) is 260 Å². The molecule has 0 bridgehead atoms. The van der Waals surface area contributed by atoms with E-state index in [2.05, 4.69) is 20.1 Å². The fourth-order valence-corrected chi connectivity index (χ4v) is 12.0. The van der Waals surface area contributed by atoms with Gasteiger partial charge in [-0.15, -0.1) is 5.10 Å². The van der Waals surface area contributed by atoms with Crippen LogP contribution in [0.25, 0.3) is 0 Å². The minimum atomic E-state index is -2.01. The monoisotopic (exact) mass is 1050 g/mol. The van der Waals surface area contributed by atoms with Crippen molar-refractivity contribution in [2.24, 2.45) is 23.7 Å². The molecule has 0 saturated carbocycles. The van der Waals surface area contributed by atoms with Gasteiger partial charge in [-0.05, 0) is 92.8 Å². The number of likely N-dealkylation sites (tertiary alicyclic amines) is 1. The second-order valence-corrected chi connectivity index (χ2v) is 22.5. The normalized spacial score (nSPS) is 40.2. The zero-order chi connectivity index (χ0) is 54.6. The van der Waals surface area contributed by atoms with Crippen molar-refractivity contribution in [3.05, 3.63) is 51.8 Å². The van der Waals surface area contributed by atoms with Crippen LogP contribution in [0.2, 0.25) is 0 Å². The van der Waals surface area contributed by atoms with Gasteiger partial charge in [0.2, 0.25) is 0 Å². The molecular formula is C53H86N6O15. The lowest BCUT2D eigenvalue weighted by Crippen LogP contribution is -2.61. The Morgan fingerprint density at radius 3 is 2.24 bits per heavy atom. The molecule has 0 aliphatic carbocycles. The number of nitrogens with zero attached hydrogens (tertiary/aromatic N) is 6. The van der Waals surface area contributed by atoms with Gasteiger partial charge in [0.1, 0.15) is 29.7 Å². The van der Waals surface area contributed by atoms with Gasteiger partial charge in [0, 0.05) is 88.3 Å². The van der Waals surface area contributed by atoms with Crippen molar-refractivity contribution >= 4 is 17.4 Å². The third kappa shape index (κ3) is 13.4. The maximum atomic E-state index is 14.5. The molecule has 4 saturated heterocycles. The first-order valence-corrected chi connectivity index (χ1v) is 26.6. The highest BCUT2D eigenvalue weighted by Crippen LogP contribution is 2.42. The molecule has 0 radical (unpaired) electrons. The number of carbonyl (C=O) groups excluding carboxylic acids is 2. The molecule has 418 valence electrons. The van der Waals surface area contributed by atoms with Crippen LogP contribution in [0.5, 0.6) is 0 Å². The number of rotatable bonds is 16. The van der Waals surface area contributed by atoms with Gasteiger partial charge in [-0.2, -0.15) is 0 Å². The molecule has 74 heavy (non-hydrogen) atoms. The van der Waals surface area contributed by atoms with Crippen molar-refractivity contribution < 1.29 is 68.1 Å². The molecule has 1 aromatic heterocycles. The van der Waals surface area contributed by atoms with Crippen molar-refractivity contribution in [3.63, 3.8) is 0 Å². The molecule has 21 nitrogen and oxygen atoms in total. The maximum Gasteiger partial charge on any atom is 0.311 e. The van der Waals surface area contributed by atoms with Gasteiger partial charge in [0.15, 0.2) is 12.6 Å². The van der Waals surface area contributed by atoms with E-state index in [0.717, 1.165) is 30.6 Å². The highest BCUT2D eigenvalue weighted by molar-refractivity contribution is 5.83. The Bertz CT molecular complexity index is 2170. The van der Waals surface area contributed by atoms with Crippen molar-refractivity contribution in [3.8, 4) is 0 Å². The maximum absolute atomic E-state index is 14.5. The van der Waals surface area contributed by atoms with Crippen LogP contribution in [0.15, 0.2) is 30.5 Å². The van der Waals surface area contributed by atoms with Gasteiger partial charge in [-0.3, -0.25) is 29.3 Å². The largest absolute Gasteiger partial charge is 0.459 e. The van der Waals surface area contributed by atoms with Gasteiger partial charge in [-0.25, -0.2) is 0 Å². The zero-order valence-corrected chi connectivity index (χ0v) is 45.9. The molecule has 4 N–H and O–H groups in total. The molecule has 2 aromatic rings. The summed E-state index contributed by atoms with van der Waals surface area (Å²) in [5.41, 5.74) is -2.55. The number of nitro benzene ring substituents is 1. The predicted octanol–water partition coefficient (Wildman–Crippen LogP) is 4.22. The Morgan fingerprint density at radius 1 is 0.932 bits per heavy atom. The van der Waals surface area contributed by atoms with Gasteiger partial charge in [-0.1, -0.05) is 45.0 Å². The van der Waals surface area contributed by atoms with E-state index in [4.69, 9.17) is 33.2 Å². The molecule has 6 rings (SSSR count). The fourth-order valence-electron chi connectivity index (χ4n) is 12.0. The van der Waals surface area contributed by atoms with Crippen LogP contribution >= 0.6 is 0 Å². The number of likely N-dealkylation sites (N-methyl/N-ethyl adjacent to an activating group) is 1. The van der Waals surface area contributed by atoms with Crippen LogP contribution in [0.4, 0.5) is 5.69 Å². The Balaban J connectivity index is 1.24. The molecule has 0 amide bonds. The van der Waals surface area contributed by atoms with Crippen LogP contribution in [0.3, 0.4) is 0 Å². The third-order valence-corrected chi connectivity index (χ3v) is 16.9. The van der Waals surface area contributed by atoms with E-state index in [1.807, 2.05) is 31.8 Å². The number of benzene rings is 1. The summed E-state index contributed by atoms with van der Waals surface area (Å²) in [7, 11) is 4.93. The quantitative estimate of drug-likeness (QED) is 0.104. The molecule has 21 heteroatoms. The van der Waals surface area contributed by atoms with E-state index in [0.29, 0.717) is 32.5 Å².